The van der Waals surface area contributed by atoms with Crippen LogP contribution in [0.25, 0.3) is 0 Å². The molecular weight excluding hydrogens is 368 g/mol. The van der Waals surface area contributed by atoms with E-state index in [9.17, 15) is 9.59 Å². The van der Waals surface area contributed by atoms with Crippen molar-refractivity contribution in [3.63, 3.8) is 0 Å². The molecule has 0 unspecified atom stereocenters. The van der Waals surface area contributed by atoms with Crippen molar-refractivity contribution in [1.82, 2.24) is 15.2 Å². The Hall–Kier alpha value is -2.48. The average molecular weight is 391 g/mol. The van der Waals surface area contributed by atoms with Gasteiger partial charge in [-0.25, -0.2) is 0 Å². The van der Waals surface area contributed by atoms with Crippen LogP contribution in [0.4, 0.5) is 5.69 Å². The number of anilines is 1. The molecule has 7 nitrogen and oxygen atoms in total. The Labute approximate surface area is 163 Å². The molecule has 27 heavy (non-hydrogen) atoms. The molecule has 8 heteroatoms. The van der Waals surface area contributed by atoms with E-state index in [-0.39, 0.29) is 24.9 Å². The van der Waals surface area contributed by atoms with E-state index in [0.717, 1.165) is 5.56 Å². The van der Waals surface area contributed by atoms with Gasteiger partial charge in [0.2, 0.25) is 11.8 Å². The predicted octanol–water partition coefficient (Wildman–Crippen LogP) is 1.94. The number of aromatic nitrogens is 1. The third kappa shape index (κ3) is 7.74. The van der Waals surface area contributed by atoms with E-state index in [0.29, 0.717) is 30.4 Å². The molecule has 0 bridgehead atoms. The highest BCUT2D eigenvalue weighted by atomic mass is 35.5. The monoisotopic (exact) mass is 390 g/mol. The molecule has 0 saturated carbocycles. The lowest BCUT2D eigenvalue weighted by Crippen LogP contribution is -2.42. The van der Waals surface area contributed by atoms with Crippen LogP contribution in [0, 0.1) is 0 Å². The Morgan fingerprint density at radius 2 is 2.00 bits per heavy atom. The van der Waals surface area contributed by atoms with E-state index >= 15 is 0 Å². The van der Waals surface area contributed by atoms with Gasteiger partial charge in [0.05, 0.1) is 13.2 Å². The first-order valence-electron chi connectivity index (χ1n) is 8.50. The molecule has 1 aromatic carbocycles. The Kier molecular flexibility index (Phi) is 8.70. The van der Waals surface area contributed by atoms with Gasteiger partial charge >= 0.3 is 0 Å². The van der Waals surface area contributed by atoms with Crippen molar-refractivity contribution < 1.29 is 14.3 Å². The summed E-state index contributed by atoms with van der Waals surface area (Å²) in [7, 11) is 1.60. The lowest BCUT2D eigenvalue weighted by Gasteiger charge is -2.22. The molecule has 2 rings (SSSR count). The second kappa shape index (κ2) is 11.3. The first-order chi connectivity index (χ1) is 13.1. The maximum atomic E-state index is 12.5. The number of methoxy groups -OCH3 is 1. The van der Waals surface area contributed by atoms with Crippen molar-refractivity contribution in [3.05, 3.63) is 59.4 Å². The third-order valence-electron chi connectivity index (χ3n) is 3.67. The van der Waals surface area contributed by atoms with Crippen molar-refractivity contribution in [3.8, 4) is 0 Å². The van der Waals surface area contributed by atoms with Gasteiger partial charge in [0, 0.05) is 43.3 Å². The Balaban J connectivity index is 1.98. The fraction of sp³-hybridized carbons (Fsp3) is 0.316. The first kappa shape index (κ1) is 20.8. The second-order valence-corrected chi connectivity index (χ2v) is 6.27. The fourth-order valence-electron chi connectivity index (χ4n) is 2.33. The summed E-state index contributed by atoms with van der Waals surface area (Å²) in [5.74, 6) is -0.465. The van der Waals surface area contributed by atoms with Gasteiger partial charge in [0.15, 0.2) is 0 Å². The summed E-state index contributed by atoms with van der Waals surface area (Å²) in [4.78, 5) is 30.5. The number of rotatable bonds is 10. The molecule has 2 N–H and O–H groups in total. The van der Waals surface area contributed by atoms with Crippen molar-refractivity contribution in [2.45, 2.75) is 6.54 Å². The molecular formula is C19H23ClN4O3. The molecule has 0 aliphatic carbocycles. The third-order valence-corrected chi connectivity index (χ3v) is 3.92. The average Bonchev–Trinajstić information content (AvgIpc) is 2.67. The van der Waals surface area contributed by atoms with E-state index in [4.69, 9.17) is 16.3 Å². The van der Waals surface area contributed by atoms with E-state index in [1.54, 1.807) is 49.8 Å². The van der Waals surface area contributed by atoms with E-state index in [1.165, 1.54) is 4.90 Å². The van der Waals surface area contributed by atoms with E-state index < -0.39 is 0 Å². The van der Waals surface area contributed by atoms with Crippen LogP contribution in [0.2, 0.25) is 5.02 Å². The standard InChI is InChI=1S/C19H23ClN4O3/c1-27-10-9-22-12-19(26)24(13-15-3-2-8-21-11-15)14-18(25)23-17-6-4-16(20)5-7-17/h2-8,11,22H,9-10,12-14H2,1H3,(H,23,25). The lowest BCUT2D eigenvalue weighted by molar-refractivity contribution is -0.134. The van der Waals surface area contributed by atoms with Gasteiger partial charge in [-0.15, -0.1) is 0 Å². The van der Waals surface area contributed by atoms with Gasteiger partial charge in [-0.2, -0.15) is 0 Å². The molecule has 1 aromatic heterocycles. The molecule has 0 atom stereocenters. The van der Waals surface area contributed by atoms with Gasteiger partial charge in [0.1, 0.15) is 6.54 Å². The van der Waals surface area contributed by atoms with Crippen molar-refractivity contribution in [2.75, 3.05) is 38.7 Å². The molecule has 1 heterocycles. The zero-order valence-electron chi connectivity index (χ0n) is 15.2. The van der Waals surface area contributed by atoms with Crippen LogP contribution in [0.15, 0.2) is 48.8 Å². The number of ether oxygens (including phenoxy) is 1. The van der Waals surface area contributed by atoms with Crippen molar-refractivity contribution in [2.24, 2.45) is 0 Å². The number of amides is 2. The summed E-state index contributed by atoms with van der Waals surface area (Å²) < 4.78 is 4.95. The zero-order chi connectivity index (χ0) is 19.5. The minimum Gasteiger partial charge on any atom is -0.383 e. The van der Waals surface area contributed by atoms with Crippen LogP contribution in [-0.4, -0.2) is 55.0 Å². The number of nitrogens with one attached hydrogen (secondary N) is 2. The summed E-state index contributed by atoms with van der Waals surface area (Å²) in [6, 6.07) is 10.5. The van der Waals surface area contributed by atoms with Crippen molar-refractivity contribution in [1.29, 1.82) is 0 Å². The van der Waals surface area contributed by atoms with Crippen LogP contribution in [0.1, 0.15) is 5.56 Å². The van der Waals surface area contributed by atoms with Gasteiger partial charge in [0.25, 0.3) is 0 Å². The summed E-state index contributed by atoms with van der Waals surface area (Å²) in [6.07, 6.45) is 3.34. The normalized spacial score (nSPS) is 10.4. The van der Waals surface area contributed by atoms with Gasteiger partial charge in [-0.3, -0.25) is 14.6 Å². The van der Waals surface area contributed by atoms with Crippen LogP contribution >= 0.6 is 11.6 Å². The zero-order valence-corrected chi connectivity index (χ0v) is 15.9. The van der Waals surface area contributed by atoms with E-state index in [1.807, 2.05) is 6.07 Å². The smallest absolute Gasteiger partial charge is 0.244 e. The number of carbonyl (C=O) groups is 2. The van der Waals surface area contributed by atoms with Crippen LogP contribution in [0.5, 0.6) is 0 Å². The number of hydrogen-bond donors (Lipinski definition) is 2. The number of benzene rings is 1. The number of carbonyl (C=O) groups excluding carboxylic acids is 2. The fourth-order valence-corrected chi connectivity index (χ4v) is 2.46. The Morgan fingerprint density at radius 3 is 2.67 bits per heavy atom. The SMILES string of the molecule is COCCNCC(=O)N(CC(=O)Nc1ccc(Cl)cc1)Cc1cccnc1. The van der Waals surface area contributed by atoms with Crippen LogP contribution in [-0.2, 0) is 20.9 Å². The first-order valence-corrected chi connectivity index (χ1v) is 8.88. The largest absolute Gasteiger partial charge is 0.383 e. The van der Waals surface area contributed by atoms with Crippen LogP contribution in [0.3, 0.4) is 0 Å². The topological polar surface area (TPSA) is 83.6 Å². The maximum absolute atomic E-state index is 12.5. The van der Waals surface area contributed by atoms with Crippen LogP contribution < -0.4 is 10.6 Å². The summed E-state index contributed by atoms with van der Waals surface area (Å²) in [6.45, 7) is 1.42. The highest BCUT2D eigenvalue weighted by molar-refractivity contribution is 6.30. The molecule has 144 valence electrons. The molecule has 2 aromatic rings. The van der Waals surface area contributed by atoms with Gasteiger partial charge < -0.3 is 20.3 Å². The summed E-state index contributed by atoms with van der Waals surface area (Å²) >= 11 is 5.85. The molecule has 0 saturated heterocycles. The lowest BCUT2D eigenvalue weighted by atomic mass is 10.2. The highest BCUT2D eigenvalue weighted by Gasteiger charge is 2.17. The number of pyridine rings is 1. The molecule has 0 aliphatic rings. The predicted molar refractivity (Wildman–Crippen MR) is 104 cm³/mol. The minimum atomic E-state index is -0.286. The highest BCUT2D eigenvalue weighted by Crippen LogP contribution is 2.13. The molecule has 2 amide bonds. The minimum absolute atomic E-state index is 0.0672. The Bertz CT molecular complexity index is 725. The summed E-state index contributed by atoms with van der Waals surface area (Å²) in [5, 5.41) is 6.36. The van der Waals surface area contributed by atoms with Gasteiger partial charge in [-0.1, -0.05) is 17.7 Å². The molecule has 0 aliphatic heterocycles. The van der Waals surface area contributed by atoms with Crippen molar-refractivity contribution >= 4 is 29.1 Å². The maximum Gasteiger partial charge on any atom is 0.244 e. The van der Waals surface area contributed by atoms with E-state index in [2.05, 4.69) is 15.6 Å². The molecule has 0 radical (unpaired) electrons. The Morgan fingerprint density at radius 1 is 1.22 bits per heavy atom. The number of halogens is 1. The molecule has 0 fully saturated rings. The summed E-state index contributed by atoms with van der Waals surface area (Å²) in [5.41, 5.74) is 1.47. The second-order valence-electron chi connectivity index (χ2n) is 5.84. The van der Waals surface area contributed by atoms with Gasteiger partial charge in [-0.05, 0) is 35.9 Å². The number of hydrogen-bond acceptors (Lipinski definition) is 5. The quantitative estimate of drug-likeness (QED) is 0.606. The number of nitrogens with zero attached hydrogens (tertiary/aromatic N) is 2. The molecule has 0 spiro atoms.